The van der Waals surface area contributed by atoms with Crippen molar-refractivity contribution in [3.05, 3.63) is 0 Å². The second-order valence-electron chi connectivity index (χ2n) is 0.456. The highest BCUT2D eigenvalue weighted by Gasteiger charge is 1.51. The normalized spacial score (nSPS) is 11.5. The third-order valence-corrected chi connectivity index (χ3v) is 0.411. The van der Waals surface area contributed by atoms with E-state index >= 15 is 0 Å². The quantitative estimate of drug-likeness (QED) is 0.165. The molecule has 5 heteroatoms. The van der Waals surface area contributed by atoms with Gasteiger partial charge in [0.1, 0.15) is 22.9 Å². The SMILES string of the molecule is NN=CN=NI. The smallest absolute Gasteiger partial charge is 0.158 e. The second kappa shape index (κ2) is 4.80. The van der Waals surface area contributed by atoms with E-state index in [1.807, 2.05) is 0 Å². The monoisotopic (exact) mass is 198 g/mol. The molecule has 0 aromatic heterocycles. The van der Waals surface area contributed by atoms with Gasteiger partial charge < -0.3 is 5.84 Å². The Balaban J connectivity index is 3.07. The summed E-state index contributed by atoms with van der Waals surface area (Å²) in [6.07, 6.45) is 1.16. The Morgan fingerprint density at radius 2 is 2.33 bits per heavy atom. The van der Waals surface area contributed by atoms with E-state index in [4.69, 9.17) is 0 Å². The third kappa shape index (κ3) is 3.80. The van der Waals surface area contributed by atoms with Gasteiger partial charge in [0.25, 0.3) is 0 Å². The minimum Gasteiger partial charge on any atom is -0.322 e. The Morgan fingerprint density at radius 1 is 1.67 bits per heavy atom. The van der Waals surface area contributed by atoms with Crippen LogP contribution in [0.2, 0.25) is 0 Å². The van der Waals surface area contributed by atoms with Gasteiger partial charge in [-0.1, -0.05) is 0 Å². The van der Waals surface area contributed by atoms with Crippen LogP contribution in [0.15, 0.2) is 13.5 Å². The van der Waals surface area contributed by atoms with Crippen molar-refractivity contribution in [2.45, 2.75) is 0 Å². The van der Waals surface area contributed by atoms with E-state index in [9.17, 15) is 0 Å². The molecule has 0 fully saturated rings. The Kier molecular flexibility index (Phi) is 4.64. The van der Waals surface area contributed by atoms with E-state index in [0.29, 0.717) is 0 Å². The van der Waals surface area contributed by atoms with Crippen LogP contribution in [0.25, 0.3) is 0 Å². The molecule has 0 saturated carbocycles. The van der Waals surface area contributed by atoms with E-state index in [2.05, 4.69) is 19.4 Å². The average molecular weight is 198 g/mol. The van der Waals surface area contributed by atoms with Crippen LogP contribution in [0.1, 0.15) is 0 Å². The average Bonchev–Trinajstić information content (AvgIpc) is 1.61. The number of rotatable bonds is 1. The molecule has 0 aliphatic rings. The van der Waals surface area contributed by atoms with Gasteiger partial charge in [-0.25, -0.2) is 0 Å². The first-order valence-electron chi connectivity index (χ1n) is 1.14. The van der Waals surface area contributed by atoms with Crippen molar-refractivity contribution < 1.29 is 0 Å². The van der Waals surface area contributed by atoms with Crippen molar-refractivity contribution in [3.8, 4) is 0 Å². The molecule has 0 aliphatic carbocycles. The molecule has 0 atom stereocenters. The molecular formula is CH3IN4. The molecule has 0 spiro atoms. The fourth-order valence-corrected chi connectivity index (χ4v) is 0.161. The van der Waals surface area contributed by atoms with Crippen LogP contribution in [0, 0.1) is 0 Å². The molecule has 34 valence electrons. The lowest BCUT2D eigenvalue weighted by Crippen LogP contribution is -1.76. The zero-order valence-electron chi connectivity index (χ0n) is 2.87. The van der Waals surface area contributed by atoms with Gasteiger partial charge in [0, 0.05) is 0 Å². The molecule has 6 heavy (non-hydrogen) atoms. The molecule has 0 aromatic carbocycles. The predicted molar refractivity (Wildman–Crippen MR) is 31.6 cm³/mol. The molecule has 4 nitrogen and oxygen atoms in total. The van der Waals surface area contributed by atoms with Gasteiger partial charge in [-0.3, -0.25) is 0 Å². The van der Waals surface area contributed by atoms with Crippen molar-refractivity contribution in [2.75, 3.05) is 0 Å². The molecule has 0 radical (unpaired) electrons. The molecule has 0 aliphatic heterocycles. The summed E-state index contributed by atoms with van der Waals surface area (Å²) in [5, 5.41) is 6.32. The summed E-state index contributed by atoms with van der Waals surface area (Å²) in [7, 11) is 0. The Morgan fingerprint density at radius 3 is 2.50 bits per heavy atom. The van der Waals surface area contributed by atoms with Crippen molar-refractivity contribution in [3.63, 3.8) is 0 Å². The first-order chi connectivity index (χ1) is 2.91. The van der Waals surface area contributed by atoms with Gasteiger partial charge in [0.2, 0.25) is 0 Å². The minimum atomic E-state index is 1.16. The highest BCUT2D eigenvalue weighted by molar-refractivity contribution is 14.1. The summed E-state index contributed by atoms with van der Waals surface area (Å²) in [4.78, 5) is 0. The van der Waals surface area contributed by atoms with Crippen molar-refractivity contribution in [1.29, 1.82) is 0 Å². The van der Waals surface area contributed by atoms with Crippen LogP contribution in [0.4, 0.5) is 0 Å². The second-order valence-corrected chi connectivity index (χ2v) is 0.887. The maximum Gasteiger partial charge on any atom is 0.158 e. The molecule has 0 bridgehead atoms. The van der Waals surface area contributed by atoms with Gasteiger partial charge in [-0.2, -0.15) is 5.10 Å². The number of halogens is 1. The largest absolute Gasteiger partial charge is 0.322 e. The van der Waals surface area contributed by atoms with Crippen LogP contribution in [0.3, 0.4) is 0 Å². The molecule has 2 N–H and O–H groups in total. The molecule has 0 rings (SSSR count). The van der Waals surface area contributed by atoms with Gasteiger partial charge >= 0.3 is 0 Å². The summed E-state index contributed by atoms with van der Waals surface area (Å²) in [6.45, 7) is 0. The molecular weight excluding hydrogens is 195 g/mol. The lowest BCUT2D eigenvalue weighted by molar-refractivity contribution is 1.24. The molecule has 0 aromatic rings. The van der Waals surface area contributed by atoms with Gasteiger partial charge in [-0.05, 0) is 0 Å². The Labute approximate surface area is 49.0 Å². The minimum absolute atomic E-state index is 1.16. The van der Waals surface area contributed by atoms with Crippen LogP contribution in [-0.4, -0.2) is 6.34 Å². The highest BCUT2D eigenvalue weighted by Crippen LogP contribution is 1.79. The number of nitrogens with two attached hydrogens (primary N) is 1. The maximum atomic E-state index is 4.63. The van der Waals surface area contributed by atoms with Crippen LogP contribution in [-0.2, 0) is 0 Å². The molecule has 0 heterocycles. The zero-order chi connectivity index (χ0) is 4.83. The topological polar surface area (TPSA) is 63.1 Å². The Hall–Kier alpha value is -0.200. The Bertz CT molecular complexity index is 55.9. The van der Waals surface area contributed by atoms with Crippen LogP contribution < -0.4 is 5.84 Å². The fraction of sp³-hybridized carbons (Fsp3) is 0. The number of hydrogen-bond donors (Lipinski definition) is 1. The number of hydrogen-bond acceptors (Lipinski definition) is 3. The highest BCUT2D eigenvalue weighted by atomic mass is 127. The van der Waals surface area contributed by atoms with E-state index < -0.39 is 0 Å². The zero-order valence-corrected chi connectivity index (χ0v) is 5.03. The van der Waals surface area contributed by atoms with E-state index in [0.717, 1.165) is 6.34 Å². The molecule has 0 unspecified atom stereocenters. The van der Waals surface area contributed by atoms with Crippen LogP contribution >= 0.6 is 22.9 Å². The molecule has 0 saturated heterocycles. The van der Waals surface area contributed by atoms with Gasteiger partial charge in [0.05, 0.1) is 0 Å². The first-order valence-corrected chi connectivity index (χ1v) is 2.11. The number of nitrogens with zero attached hydrogens (tertiary/aromatic N) is 3. The van der Waals surface area contributed by atoms with E-state index in [1.165, 1.54) is 0 Å². The van der Waals surface area contributed by atoms with Gasteiger partial charge in [0.15, 0.2) is 6.34 Å². The predicted octanol–water partition coefficient (Wildman–Crippen LogP) is 0.691. The summed E-state index contributed by atoms with van der Waals surface area (Å²) in [5.74, 6) is 4.63. The number of hydrazone groups is 1. The third-order valence-electron chi connectivity index (χ3n) is 0.162. The fourth-order valence-electron chi connectivity index (χ4n) is 0.0493. The summed E-state index contributed by atoms with van der Waals surface area (Å²) < 4.78 is 3.29. The molecule has 0 amide bonds. The van der Waals surface area contributed by atoms with Crippen molar-refractivity contribution in [1.82, 2.24) is 0 Å². The summed E-state index contributed by atoms with van der Waals surface area (Å²) >= 11 is 1.72. The van der Waals surface area contributed by atoms with E-state index in [-0.39, 0.29) is 0 Å². The maximum absolute atomic E-state index is 4.63. The van der Waals surface area contributed by atoms with Crippen LogP contribution in [0.5, 0.6) is 0 Å². The lowest BCUT2D eigenvalue weighted by Gasteiger charge is -1.62. The van der Waals surface area contributed by atoms with E-state index in [1.54, 1.807) is 22.9 Å². The van der Waals surface area contributed by atoms with Crippen molar-refractivity contribution >= 4 is 29.2 Å². The standard InChI is InChI=1S/CH3IN4/c2-6-5-1-4-3/h1H,3H2. The first kappa shape index (κ1) is 5.80. The van der Waals surface area contributed by atoms with Crippen molar-refractivity contribution in [2.24, 2.45) is 19.4 Å². The summed E-state index contributed by atoms with van der Waals surface area (Å²) in [5.41, 5.74) is 0. The summed E-state index contributed by atoms with van der Waals surface area (Å²) in [6, 6.07) is 0. The van der Waals surface area contributed by atoms with Gasteiger partial charge in [-0.15, -0.1) is 8.44 Å². The lowest BCUT2D eigenvalue weighted by atomic mass is 11.4.